The largest absolute Gasteiger partial charge is 0.480 e. The highest BCUT2D eigenvalue weighted by molar-refractivity contribution is 7.09. The highest BCUT2D eigenvalue weighted by Crippen LogP contribution is 2.32. The van der Waals surface area contributed by atoms with Crippen LogP contribution in [0.3, 0.4) is 0 Å². The Bertz CT molecular complexity index is 467. The first-order chi connectivity index (χ1) is 9.52. The Morgan fingerprint density at radius 2 is 2.20 bits per heavy atom. The van der Waals surface area contributed by atoms with Crippen LogP contribution in [-0.4, -0.2) is 27.6 Å². The lowest BCUT2D eigenvalue weighted by molar-refractivity contribution is -0.146. The molecule has 0 unspecified atom stereocenters. The molecule has 0 saturated heterocycles. The third-order valence-electron chi connectivity index (χ3n) is 3.80. The van der Waals surface area contributed by atoms with Gasteiger partial charge in [0.1, 0.15) is 5.54 Å². The van der Waals surface area contributed by atoms with Gasteiger partial charge in [0.05, 0.1) is 12.1 Å². The Kier molecular flexibility index (Phi) is 4.59. The summed E-state index contributed by atoms with van der Waals surface area (Å²) in [5.74, 6) is -0.429. The number of aliphatic carboxylic acids is 1. The summed E-state index contributed by atoms with van der Waals surface area (Å²) in [5.41, 5.74) is 0.570. The van der Waals surface area contributed by atoms with Crippen LogP contribution in [0.15, 0.2) is 11.7 Å². The van der Waals surface area contributed by atoms with Gasteiger partial charge in [-0.25, -0.2) is 9.59 Å². The van der Waals surface area contributed by atoms with Crippen LogP contribution in [0.25, 0.3) is 0 Å². The molecule has 0 bridgehead atoms. The molecule has 0 aromatic carbocycles. The molecular formula is C13H19N3O3S. The number of nitrogens with zero attached hydrogens (tertiary/aromatic N) is 1. The number of urea groups is 1. The predicted octanol–water partition coefficient (Wildman–Crippen LogP) is 1.98. The summed E-state index contributed by atoms with van der Waals surface area (Å²) in [5, 5.41) is 14.8. The monoisotopic (exact) mass is 297 g/mol. The molecule has 0 aliphatic heterocycles. The molecule has 1 aromatic rings. The van der Waals surface area contributed by atoms with Crippen LogP contribution in [0.5, 0.6) is 0 Å². The van der Waals surface area contributed by atoms with E-state index >= 15 is 0 Å². The summed E-state index contributed by atoms with van der Waals surface area (Å²) >= 11 is 1.45. The minimum absolute atomic E-state index is 0.364. The van der Waals surface area contributed by atoms with Gasteiger partial charge in [-0.2, -0.15) is 0 Å². The highest BCUT2D eigenvalue weighted by Gasteiger charge is 2.42. The molecule has 110 valence electrons. The Hall–Kier alpha value is -1.63. The Morgan fingerprint density at radius 1 is 1.50 bits per heavy atom. The van der Waals surface area contributed by atoms with Gasteiger partial charge in [-0.15, -0.1) is 11.3 Å². The number of hydrogen-bond donors (Lipinski definition) is 3. The molecule has 1 aromatic heterocycles. The van der Waals surface area contributed by atoms with Crippen LogP contribution in [0, 0.1) is 5.92 Å². The van der Waals surface area contributed by atoms with E-state index in [4.69, 9.17) is 0 Å². The number of carbonyl (C=O) groups is 2. The van der Waals surface area contributed by atoms with Crippen LogP contribution < -0.4 is 10.6 Å². The van der Waals surface area contributed by atoms with Gasteiger partial charge >= 0.3 is 12.0 Å². The maximum absolute atomic E-state index is 11.9. The van der Waals surface area contributed by atoms with Gasteiger partial charge in [0.2, 0.25) is 0 Å². The van der Waals surface area contributed by atoms with Crippen molar-refractivity contribution in [3.8, 4) is 0 Å². The minimum Gasteiger partial charge on any atom is -0.480 e. The number of carboxylic acid groups (broad SMARTS) is 1. The lowest BCUT2D eigenvalue weighted by Gasteiger charge is -2.36. The molecule has 1 fully saturated rings. The lowest BCUT2D eigenvalue weighted by Crippen LogP contribution is -2.58. The summed E-state index contributed by atoms with van der Waals surface area (Å²) in [6.07, 6.45) is 4.29. The second-order valence-corrected chi connectivity index (χ2v) is 6.32. The molecule has 0 radical (unpaired) electrons. The van der Waals surface area contributed by atoms with Gasteiger partial charge in [0.15, 0.2) is 0 Å². The highest BCUT2D eigenvalue weighted by atomic mass is 32.1. The van der Waals surface area contributed by atoms with Crippen LogP contribution in [0.1, 0.15) is 37.5 Å². The molecule has 1 aliphatic carbocycles. The molecule has 1 saturated carbocycles. The second-order valence-electron chi connectivity index (χ2n) is 5.35. The fourth-order valence-corrected chi connectivity index (χ4v) is 2.94. The van der Waals surface area contributed by atoms with E-state index in [2.05, 4.69) is 22.5 Å². The number of amides is 2. The normalized spacial score (nSPS) is 25.9. The van der Waals surface area contributed by atoms with Gasteiger partial charge < -0.3 is 15.7 Å². The molecule has 0 spiro atoms. The maximum atomic E-state index is 11.9. The zero-order valence-corrected chi connectivity index (χ0v) is 12.2. The molecule has 2 amide bonds. The topological polar surface area (TPSA) is 91.3 Å². The predicted molar refractivity (Wildman–Crippen MR) is 75.5 cm³/mol. The van der Waals surface area contributed by atoms with E-state index in [1.807, 2.05) is 0 Å². The van der Waals surface area contributed by atoms with E-state index in [0.717, 1.165) is 17.7 Å². The van der Waals surface area contributed by atoms with Crippen molar-refractivity contribution in [2.45, 2.75) is 44.7 Å². The first kappa shape index (κ1) is 14.8. The third kappa shape index (κ3) is 3.47. The average Bonchev–Trinajstić information content (AvgIpc) is 2.92. The van der Waals surface area contributed by atoms with E-state index in [-0.39, 0.29) is 0 Å². The van der Waals surface area contributed by atoms with Crippen molar-refractivity contribution in [2.24, 2.45) is 5.92 Å². The zero-order valence-electron chi connectivity index (χ0n) is 11.4. The molecule has 1 aliphatic rings. The standard InChI is InChI=1S/C13H19N3O3S/c1-9-2-4-13(5-3-9,11(17)18)16-12(19)15-7-10-6-14-8-20-10/h6,8-9H,2-5,7H2,1H3,(H,17,18)(H2,15,16,19). The molecule has 0 atom stereocenters. The molecule has 2 rings (SSSR count). The first-order valence-corrected chi connectivity index (χ1v) is 7.56. The molecule has 7 heteroatoms. The Morgan fingerprint density at radius 3 is 2.75 bits per heavy atom. The van der Waals surface area contributed by atoms with Crippen LogP contribution >= 0.6 is 11.3 Å². The van der Waals surface area contributed by atoms with Crippen molar-refractivity contribution in [1.82, 2.24) is 15.6 Å². The van der Waals surface area contributed by atoms with E-state index in [1.165, 1.54) is 11.3 Å². The van der Waals surface area contributed by atoms with Crippen LogP contribution in [0.2, 0.25) is 0 Å². The molecule has 1 heterocycles. The summed E-state index contributed by atoms with van der Waals surface area (Å²) < 4.78 is 0. The number of hydrogen-bond acceptors (Lipinski definition) is 4. The van der Waals surface area contributed by atoms with Crippen molar-refractivity contribution in [1.29, 1.82) is 0 Å². The Labute approximate surface area is 121 Å². The van der Waals surface area contributed by atoms with E-state index in [1.54, 1.807) is 11.7 Å². The maximum Gasteiger partial charge on any atom is 0.329 e. The number of aromatic nitrogens is 1. The lowest BCUT2D eigenvalue weighted by atomic mass is 9.77. The first-order valence-electron chi connectivity index (χ1n) is 6.68. The third-order valence-corrected chi connectivity index (χ3v) is 4.58. The van der Waals surface area contributed by atoms with Crippen LogP contribution in [0.4, 0.5) is 4.79 Å². The SMILES string of the molecule is CC1CCC(NC(=O)NCc2cncs2)(C(=O)O)CC1. The van der Waals surface area contributed by atoms with Gasteiger partial charge in [-0.3, -0.25) is 4.98 Å². The number of carboxylic acids is 1. The number of thiazole rings is 1. The molecule has 6 nitrogen and oxygen atoms in total. The molecule has 3 N–H and O–H groups in total. The summed E-state index contributed by atoms with van der Waals surface area (Å²) in [6.45, 7) is 2.47. The summed E-state index contributed by atoms with van der Waals surface area (Å²) in [4.78, 5) is 28.2. The summed E-state index contributed by atoms with van der Waals surface area (Å²) in [6, 6.07) is -0.435. The van der Waals surface area contributed by atoms with E-state index < -0.39 is 17.5 Å². The quantitative estimate of drug-likeness (QED) is 0.792. The van der Waals surface area contributed by atoms with Crippen molar-refractivity contribution in [2.75, 3.05) is 0 Å². The van der Waals surface area contributed by atoms with Gasteiger partial charge in [-0.05, 0) is 31.6 Å². The van der Waals surface area contributed by atoms with Crippen molar-refractivity contribution < 1.29 is 14.7 Å². The summed E-state index contributed by atoms with van der Waals surface area (Å²) in [7, 11) is 0. The fourth-order valence-electron chi connectivity index (χ4n) is 2.41. The second kappa shape index (κ2) is 6.21. The number of rotatable bonds is 4. The smallest absolute Gasteiger partial charge is 0.329 e. The van der Waals surface area contributed by atoms with E-state index in [0.29, 0.717) is 25.3 Å². The van der Waals surface area contributed by atoms with Gasteiger partial charge in [0, 0.05) is 11.1 Å². The van der Waals surface area contributed by atoms with Gasteiger partial charge in [0.25, 0.3) is 0 Å². The Balaban J connectivity index is 1.91. The fraction of sp³-hybridized carbons (Fsp3) is 0.615. The van der Waals surface area contributed by atoms with Crippen molar-refractivity contribution in [3.63, 3.8) is 0 Å². The number of carbonyl (C=O) groups excluding carboxylic acids is 1. The number of nitrogens with one attached hydrogen (secondary N) is 2. The van der Waals surface area contributed by atoms with Crippen molar-refractivity contribution >= 4 is 23.3 Å². The van der Waals surface area contributed by atoms with Crippen molar-refractivity contribution in [3.05, 3.63) is 16.6 Å². The molecular weight excluding hydrogens is 278 g/mol. The van der Waals surface area contributed by atoms with E-state index in [9.17, 15) is 14.7 Å². The molecule has 20 heavy (non-hydrogen) atoms. The average molecular weight is 297 g/mol. The zero-order chi connectivity index (χ0) is 14.6. The van der Waals surface area contributed by atoms with Gasteiger partial charge in [-0.1, -0.05) is 6.92 Å². The van der Waals surface area contributed by atoms with Crippen LogP contribution in [-0.2, 0) is 11.3 Å². The minimum atomic E-state index is -1.12.